The number of halogens is 1. The molecule has 1 amide bonds. The fourth-order valence-corrected chi connectivity index (χ4v) is 2.38. The normalized spacial score (nSPS) is 11.3. The van der Waals surface area contributed by atoms with Crippen molar-refractivity contribution in [3.63, 3.8) is 0 Å². The van der Waals surface area contributed by atoms with Crippen LogP contribution in [-0.2, 0) is 6.54 Å². The molecule has 2 aromatic heterocycles. The third-order valence-corrected chi connectivity index (χ3v) is 3.54. The second kappa shape index (κ2) is 5.59. The van der Waals surface area contributed by atoms with Gasteiger partial charge in [0.25, 0.3) is 5.91 Å². The van der Waals surface area contributed by atoms with Crippen LogP contribution in [0.5, 0.6) is 0 Å². The molecule has 0 saturated carbocycles. The fourth-order valence-electron chi connectivity index (χ4n) is 2.38. The highest BCUT2D eigenvalue weighted by Crippen LogP contribution is 2.18. The van der Waals surface area contributed by atoms with Gasteiger partial charge in [-0.1, -0.05) is 13.8 Å². The molecule has 0 bridgehead atoms. The number of nitrogens with one attached hydrogen (secondary N) is 3. The van der Waals surface area contributed by atoms with Crippen molar-refractivity contribution in [1.82, 2.24) is 25.7 Å². The van der Waals surface area contributed by atoms with Crippen molar-refractivity contribution in [1.29, 1.82) is 0 Å². The topological polar surface area (TPSA) is 86.5 Å². The number of hydrogen-bond donors (Lipinski definition) is 3. The number of nitrogens with zero attached hydrogens (tertiary/aromatic N) is 2. The monoisotopic (exact) mass is 301 g/mol. The zero-order valence-corrected chi connectivity index (χ0v) is 12.3. The SMILES string of the molecule is CC(C)c1[nH]ncc1CNC(=O)c1cc(F)c2cn[nH]c2c1. The summed E-state index contributed by atoms with van der Waals surface area (Å²) in [7, 11) is 0. The molecule has 7 heteroatoms. The van der Waals surface area contributed by atoms with Gasteiger partial charge in [0.05, 0.1) is 23.3 Å². The number of amides is 1. The highest BCUT2D eigenvalue weighted by molar-refractivity contribution is 5.97. The van der Waals surface area contributed by atoms with E-state index in [1.54, 1.807) is 12.3 Å². The second-order valence-electron chi connectivity index (χ2n) is 5.44. The van der Waals surface area contributed by atoms with Gasteiger partial charge in [0.1, 0.15) is 5.82 Å². The molecule has 22 heavy (non-hydrogen) atoms. The van der Waals surface area contributed by atoms with Gasteiger partial charge >= 0.3 is 0 Å². The molecule has 3 aromatic rings. The van der Waals surface area contributed by atoms with Gasteiger partial charge in [0.15, 0.2) is 0 Å². The predicted molar refractivity (Wildman–Crippen MR) is 79.9 cm³/mol. The van der Waals surface area contributed by atoms with Crippen LogP contribution in [0.25, 0.3) is 10.9 Å². The quantitative estimate of drug-likeness (QED) is 0.692. The van der Waals surface area contributed by atoms with Gasteiger partial charge in [-0.25, -0.2) is 4.39 Å². The van der Waals surface area contributed by atoms with E-state index in [0.717, 1.165) is 11.3 Å². The van der Waals surface area contributed by atoms with Crippen LogP contribution in [-0.4, -0.2) is 26.3 Å². The lowest BCUT2D eigenvalue weighted by Gasteiger charge is -2.08. The number of rotatable bonds is 4. The maximum absolute atomic E-state index is 13.9. The summed E-state index contributed by atoms with van der Waals surface area (Å²) < 4.78 is 13.9. The van der Waals surface area contributed by atoms with Crippen LogP contribution in [0.2, 0.25) is 0 Å². The number of aromatic amines is 2. The zero-order valence-electron chi connectivity index (χ0n) is 12.3. The number of fused-ring (bicyclic) bond motifs is 1. The summed E-state index contributed by atoms with van der Waals surface area (Å²) in [6, 6.07) is 2.80. The van der Waals surface area contributed by atoms with E-state index in [-0.39, 0.29) is 17.4 Å². The van der Waals surface area contributed by atoms with Crippen molar-refractivity contribution in [2.24, 2.45) is 0 Å². The first kappa shape index (κ1) is 14.2. The minimum absolute atomic E-state index is 0.254. The van der Waals surface area contributed by atoms with Gasteiger partial charge in [-0.2, -0.15) is 10.2 Å². The lowest BCUT2D eigenvalue weighted by molar-refractivity contribution is 0.0950. The van der Waals surface area contributed by atoms with Crippen LogP contribution in [0, 0.1) is 5.82 Å². The highest BCUT2D eigenvalue weighted by atomic mass is 19.1. The van der Waals surface area contributed by atoms with Gasteiger partial charge in [-0.3, -0.25) is 15.0 Å². The van der Waals surface area contributed by atoms with E-state index in [2.05, 4.69) is 25.7 Å². The molecule has 0 spiro atoms. The molecule has 6 nitrogen and oxygen atoms in total. The Bertz CT molecular complexity index is 820. The van der Waals surface area contributed by atoms with Gasteiger partial charge in [-0.05, 0) is 18.1 Å². The van der Waals surface area contributed by atoms with Crippen molar-refractivity contribution in [3.8, 4) is 0 Å². The maximum Gasteiger partial charge on any atom is 0.251 e. The van der Waals surface area contributed by atoms with Crippen LogP contribution in [0.1, 0.15) is 41.4 Å². The molecule has 0 aliphatic heterocycles. The highest BCUT2D eigenvalue weighted by Gasteiger charge is 2.13. The summed E-state index contributed by atoms with van der Waals surface area (Å²) in [6.07, 6.45) is 3.08. The van der Waals surface area contributed by atoms with E-state index in [4.69, 9.17) is 0 Å². The summed E-state index contributed by atoms with van der Waals surface area (Å²) in [5.41, 5.74) is 2.65. The Balaban J connectivity index is 1.77. The number of carbonyl (C=O) groups excluding carboxylic acids is 1. The van der Waals surface area contributed by atoms with E-state index >= 15 is 0 Å². The van der Waals surface area contributed by atoms with Crippen molar-refractivity contribution >= 4 is 16.8 Å². The Morgan fingerprint density at radius 2 is 2.05 bits per heavy atom. The molecule has 0 radical (unpaired) electrons. The molecule has 3 rings (SSSR count). The summed E-state index contributed by atoms with van der Waals surface area (Å²) >= 11 is 0. The zero-order chi connectivity index (χ0) is 15.7. The molecule has 0 unspecified atom stereocenters. The Kier molecular flexibility index (Phi) is 3.62. The number of benzene rings is 1. The standard InChI is InChI=1S/C15H16FN5O/c1-8(2)14-10(6-18-21-14)5-17-15(22)9-3-12(16)11-7-19-20-13(11)4-9/h3-4,6-8H,5H2,1-2H3,(H,17,22)(H,18,21)(H,19,20). The fraction of sp³-hybridized carbons (Fsp3) is 0.267. The number of carbonyl (C=O) groups is 1. The van der Waals surface area contributed by atoms with Gasteiger partial charge in [-0.15, -0.1) is 0 Å². The van der Waals surface area contributed by atoms with Crippen molar-refractivity contribution in [2.75, 3.05) is 0 Å². The molecule has 1 aromatic carbocycles. The molecule has 114 valence electrons. The lowest BCUT2D eigenvalue weighted by atomic mass is 10.1. The maximum atomic E-state index is 13.9. The van der Waals surface area contributed by atoms with Crippen LogP contribution in [0.15, 0.2) is 24.5 Å². The summed E-state index contributed by atoms with van der Waals surface area (Å²) in [4.78, 5) is 12.2. The summed E-state index contributed by atoms with van der Waals surface area (Å²) in [6.45, 7) is 4.42. The number of hydrogen-bond acceptors (Lipinski definition) is 3. The molecule has 2 heterocycles. The first-order chi connectivity index (χ1) is 10.6. The third-order valence-electron chi connectivity index (χ3n) is 3.54. The van der Waals surface area contributed by atoms with E-state index in [0.29, 0.717) is 17.4 Å². The third kappa shape index (κ3) is 2.57. The van der Waals surface area contributed by atoms with Gasteiger partial charge < -0.3 is 5.32 Å². The van der Waals surface area contributed by atoms with Crippen molar-refractivity contribution in [2.45, 2.75) is 26.3 Å². The van der Waals surface area contributed by atoms with Gasteiger partial charge in [0.2, 0.25) is 0 Å². The van der Waals surface area contributed by atoms with Crippen LogP contribution in [0.3, 0.4) is 0 Å². The predicted octanol–water partition coefficient (Wildman–Crippen LogP) is 2.48. The van der Waals surface area contributed by atoms with Gasteiger partial charge in [0, 0.05) is 23.4 Å². The molecule has 0 aliphatic carbocycles. The lowest BCUT2D eigenvalue weighted by Crippen LogP contribution is -2.23. The molecule has 0 atom stereocenters. The average molecular weight is 301 g/mol. The smallest absolute Gasteiger partial charge is 0.251 e. The first-order valence-electron chi connectivity index (χ1n) is 6.99. The minimum atomic E-state index is -0.470. The second-order valence-corrected chi connectivity index (χ2v) is 5.44. The molecule has 3 N–H and O–H groups in total. The Morgan fingerprint density at radius 3 is 2.82 bits per heavy atom. The first-order valence-corrected chi connectivity index (χ1v) is 6.99. The molecule has 0 aliphatic rings. The average Bonchev–Trinajstić information content (AvgIpc) is 3.13. The van der Waals surface area contributed by atoms with E-state index in [9.17, 15) is 9.18 Å². The van der Waals surface area contributed by atoms with Crippen LogP contribution in [0.4, 0.5) is 4.39 Å². The minimum Gasteiger partial charge on any atom is -0.348 e. The molecule has 0 fully saturated rings. The molecule has 0 saturated heterocycles. The largest absolute Gasteiger partial charge is 0.348 e. The Labute approximate surface area is 126 Å². The van der Waals surface area contributed by atoms with Crippen LogP contribution >= 0.6 is 0 Å². The summed E-state index contributed by atoms with van der Waals surface area (Å²) in [5.74, 6) is -0.526. The molecular formula is C15H16FN5O. The van der Waals surface area contributed by atoms with Crippen molar-refractivity contribution < 1.29 is 9.18 Å². The van der Waals surface area contributed by atoms with Crippen LogP contribution < -0.4 is 5.32 Å². The summed E-state index contributed by atoms with van der Waals surface area (Å²) in [5, 5.41) is 16.5. The van der Waals surface area contributed by atoms with E-state index < -0.39 is 5.82 Å². The Morgan fingerprint density at radius 1 is 1.27 bits per heavy atom. The van der Waals surface area contributed by atoms with Crippen molar-refractivity contribution in [3.05, 3.63) is 47.2 Å². The van der Waals surface area contributed by atoms with E-state index in [1.165, 1.54) is 12.3 Å². The number of aromatic nitrogens is 4. The number of H-pyrrole nitrogens is 2. The molecular weight excluding hydrogens is 285 g/mol. The van der Waals surface area contributed by atoms with E-state index in [1.807, 2.05) is 13.8 Å². The Hall–Kier alpha value is -2.70.